The fraction of sp³-hybridized carbons (Fsp3) is 0.111. The molecule has 14 heavy (non-hydrogen) atoms. The maximum Gasteiger partial charge on any atom is 0.183 e. The number of pyridine rings is 1. The molecule has 0 spiro atoms. The summed E-state index contributed by atoms with van der Waals surface area (Å²) in [7, 11) is 0. The second-order valence-corrected chi connectivity index (χ2v) is 5.05. The Kier molecular flexibility index (Phi) is 3.39. The summed E-state index contributed by atoms with van der Waals surface area (Å²) >= 11 is 8.93. The molecule has 0 amide bonds. The highest BCUT2D eigenvalue weighted by molar-refractivity contribution is 7.98. The Hall–Kier alpha value is -0.580. The van der Waals surface area contributed by atoms with E-state index in [1.54, 1.807) is 24.2 Å². The van der Waals surface area contributed by atoms with Crippen LogP contribution in [-0.2, 0) is 5.75 Å². The second-order valence-electron chi connectivity index (χ2n) is 2.56. The van der Waals surface area contributed by atoms with E-state index >= 15 is 0 Å². The first-order chi connectivity index (χ1) is 6.84. The zero-order chi connectivity index (χ0) is 9.80. The van der Waals surface area contributed by atoms with Gasteiger partial charge in [-0.25, -0.2) is 4.98 Å². The lowest BCUT2D eigenvalue weighted by atomic mass is 10.5. The molecule has 0 aliphatic rings. The molecule has 0 aliphatic carbocycles. The van der Waals surface area contributed by atoms with E-state index in [0.29, 0.717) is 4.47 Å². The van der Waals surface area contributed by atoms with Crippen LogP contribution in [0.4, 0.5) is 0 Å². The molecule has 2 heterocycles. The van der Waals surface area contributed by atoms with Crippen LogP contribution >= 0.6 is 34.7 Å². The number of thiazole rings is 1. The molecule has 0 unspecified atom stereocenters. The molecule has 0 aliphatic heterocycles. The Balaban J connectivity index is 1.95. The summed E-state index contributed by atoms with van der Waals surface area (Å²) < 4.78 is 0.607. The minimum Gasteiger partial charge on any atom is -0.265 e. The van der Waals surface area contributed by atoms with Gasteiger partial charge in [-0.3, -0.25) is 4.98 Å². The van der Waals surface area contributed by atoms with Crippen LogP contribution in [0.25, 0.3) is 0 Å². The standard InChI is InChI=1S/C9H7ClN2S2/c10-9-12-7(6-14-9)5-13-8-1-3-11-4-2-8/h1-4,6H,5H2. The van der Waals surface area contributed by atoms with Crippen LogP contribution in [0.15, 0.2) is 34.8 Å². The van der Waals surface area contributed by atoms with Gasteiger partial charge in [0.05, 0.1) is 5.69 Å². The zero-order valence-corrected chi connectivity index (χ0v) is 9.57. The first kappa shape index (κ1) is 9.96. The van der Waals surface area contributed by atoms with Crippen LogP contribution in [0.1, 0.15) is 5.69 Å². The smallest absolute Gasteiger partial charge is 0.183 e. The summed E-state index contributed by atoms with van der Waals surface area (Å²) in [5, 5.41) is 1.98. The lowest BCUT2D eigenvalue weighted by Crippen LogP contribution is -1.79. The van der Waals surface area contributed by atoms with Gasteiger partial charge in [0, 0.05) is 28.4 Å². The van der Waals surface area contributed by atoms with Crippen molar-refractivity contribution in [2.45, 2.75) is 10.6 Å². The van der Waals surface area contributed by atoms with Gasteiger partial charge in [0.1, 0.15) is 0 Å². The Morgan fingerprint density at radius 2 is 2.14 bits per heavy atom. The topological polar surface area (TPSA) is 25.8 Å². The molecule has 0 N–H and O–H groups in total. The predicted molar refractivity (Wildman–Crippen MR) is 60.9 cm³/mol. The van der Waals surface area contributed by atoms with Gasteiger partial charge in [0.15, 0.2) is 4.47 Å². The van der Waals surface area contributed by atoms with E-state index in [1.807, 2.05) is 17.5 Å². The molecule has 0 aromatic carbocycles. The third-order valence-electron chi connectivity index (χ3n) is 1.56. The molecule has 72 valence electrons. The molecule has 0 atom stereocenters. The van der Waals surface area contributed by atoms with E-state index in [1.165, 1.54) is 16.2 Å². The monoisotopic (exact) mass is 242 g/mol. The Morgan fingerprint density at radius 1 is 1.36 bits per heavy atom. The van der Waals surface area contributed by atoms with Gasteiger partial charge in [-0.2, -0.15) is 0 Å². The molecule has 5 heteroatoms. The van der Waals surface area contributed by atoms with Gasteiger partial charge < -0.3 is 0 Å². The number of hydrogen-bond acceptors (Lipinski definition) is 4. The lowest BCUT2D eigenvalue weighted by Gasteiger charge is -1.96. The van der Waals surface area contributed by atoms with E-state index < -0.39 is 0 Å². The van der Waals surface area contributed by atoms with Crippen LogP contribution in [0, 0.1) is 0 Å². The maximum atomic E-state index is 5.73. The molecule has 2 aromatic rings. The van der Waals surface area contributed by atoms with Gasteiger partial charge in [0.2, 0.25) is 0 Å². The van der Waals surface area contributed by atoms with Crippen molar-refractivity contribution in [2.24, 2.45) is 0 Å². The summed E-state index contributed by atoms with van der Waals surface area (Å²) in [5.41, 5.74) is 1.03. The van der Waals surface area contributed by atoms with Crippen molar-refractivity contribution in [1.29, 1.82) is 0 Å². The molecule has 0 radical (unpaired) electrons. The molecule has 2 nitrogen and oxygen atoms in total. The molecule has 0 bridgehead atoms. The van der Waals surface area contributed by atoms with E-state index in [-0.39, 0.29) is 0 Å². The molecular formula is C9H7ClN2S2. The quantitative estimate of drug-likeness (QED) is 0.771. The predicted octanol–water partition coefficient (Wildman–Crippen LogP) is 3.48. The summed E-state index contributed by atoms with van der Waals surface area (Å²) in [5.74, 6) is 0.854. The van der Waals surface area contributed by atoms with Gasteiger partial charge >= 0.3 is 0 Å². The van der Waals surface area contributed by atoms with E-state index in [0.717, 1.165) is 11.4 Å². The highest BCUT2D eigenvalue weighted by atomic mass is 35.5. The number of rotatable bonds is 3. The summed E-state index contributed by atoms with van der Waals surface area (Å²) in [4.78, 5) is 9.33. The Labute approximate surface area is 95.4 Å². The zero-order valence-electron chi connectivity index (χ0n) is 7.18. The SMILES string of the molecule is Clc1nc(CSc2ccncc2)cs1. The minimum atomic E-state index is 0.607. The van der Waals surface area contributed by atoms with Gasteiger partial charge in [0.25, 0.3) is 0 Å². The van der Waals surface area contributed by atoms with Crippen molar-refractivity contribution in [3.05, 3.63) is 40.1 Å². The van der Waals surface area contributed by atoms with Crippen LogP contribution in [0.5, 0.6) is 0 Å². The molecule has 2 rings (SSSR count). The first-order valence-corrected chi connectivity index (χ1v) is 6.21. The summed E-state index contributed by atoms with van der Waals surface area (Å²) in [6.07, 6.45) is 3.58. The Bertz CT molecular complexity index is 402. The van der Waals surface area contributed by atoms with E-state index in [4.69, 9.17) is 11.6 Å². The lowest BCUT2D eigenvalue weighted by molar-refractivity contribution is 1.22. The van der Waals surface area contributed by atoms with Crippen molar-refractivity contribution in [3.63, 3.8) is 0 Å². The van der Waals surface area contributed by atoms with Crippen molar-refractivity contribution in [1.82, 2.24) is 9.97 Å². The summed E-state index contributed by atoms with van der Waals surface area (Å²) in [6.45, 7) is 0. The van der Waals surface area contributed by atoms with Crippen molar-refractivity contribution < 1.29 is 0 Å². The molecule has 2 aromatic heterocycles. The first-order valence-electron chi connectivity index (χ1n) is 3.97. The van der Waals surface area contributed by atoms with Crippen LogP contribution < -0.4 is 0 Å². The second kappa shape index (κ2) is 4.77. The molecule has 0 saturated heterocycles. The molecule has 0 saturated carbocycles. The van der Waals surface area contributed by atoms with Crippen molar-refractivity contribution in [2.75, 3.05) is 0 Å². The van der Waals surface area contributed by atoms with E-state index in [9.17, 15) is 0 Å². The van der Waals surface area contributed by atoms with Crippen molar-refractivity contribution in [3.8, 4) is 0 Å². The van der Waals surface area contributed by atoms with Crippen molar-refractivity contribution >= 4 is 34.7 Å². The fourth-order valence-electron chi connectivity index (χ4n) is 0.940. The maximum absolute atomic E-state index is 5.73. The third-order valence-corrected chi connectivity index (χ3v) is 3.63. The number of aromatic nitrogens is 2. The van der Waals surface area contributed by atoms with Crippen LogP contribution in [0.3, 0.4) is 0 Å². The average Bonchev–Trinajstić information content (AvgIpc) is 2.63. The summed E-state index contributed by atoms with van der Waals surface area (Å²) in [6, 6.07) is 3.97. The number of nitrogens with zero attached hydrogens (tertiary/aromatic N) is 2. The van der Waals surface area contributed by atoms with E-state index in [2.05, 4.69) is 9.97 Å². The highest BCUT2D eigenvalue weighted by Crippen LogP contribution is 2.24. The minimum absolute atomic E-state index is 0.607. The highest BCUT2D eigenvalue weighted by Gasteiger charge is 2.00. The normalized spacial score (nSPS) is 10.4. The fourth-order valence-corrected chi connectivity index (χ4v) is 2.60. The van der Waals surface area contributed by atoms with Crippen LogP contribution in [-0.4, -0.2) is 9.97 Å². The van der Waals surface area contributed by atoms with Crippen LogP contribution in [0.2, 0.25) is 4.47 Å². The molecular weight excluding hydrogens is 236 g/mol. The number of thioether (sulfide) groups is 1. The number of hydrogen-bond donors (Lipinski definition) is 0. The largest absolute Gasteiger partial charge is 0.265 e. The van der Waals surface area contributed by atoms with Gasteiger partial charge in [-0.1, -0.05) is 11.6 Å². The van der Waals surface area contributed by atoms with Gasteiger partial charge in [-0.05, 0) is 12.1 Å². The molecule has 0 fully saturated rings. The number of halogens is 1. The third kappa shape index (κ3) is 2.70. The Morgan fingerprint density at radius 3 is 2.79 bits per heavy atom. The van der Waals surface area contributed by atoms with Gasteiger partial charge in [-0.15, -0.1) is 23.1 Å². The average molecular weight is 243 g/mol.